The van der Waals surface area contributed by atoms with Gasteiger partial charge >= 0.3 is 5.97 Å². The molecule has 1 heterocycles. The molecule has 200 valence electrons. The number of amides is 1. The quantitative estimate of drug-likeness (QED) is 0.314. The Kier molecular flexibility index (Phi) is 8.77. The number of ether oxygens (including phenoxy) is 2. The van der Waals surface area contributed by atoms with Crippen LogP contribution in [0.5, 0.6) is 5.75 Å². The van der Waals surface area contributed by atoms with Crippen molar-refractivity contribution < 1.29 is 27.8 Å². The van der Waals surface area contributed by atoms with Crippen LogP contribution in [-0.4, -0.2) is 36.5 Å². The standard InChI is InChI=1S/C31H33F2NO4/c1-4-37-29-13-6-21(18-31(36)38-5-2)17-26(29)24-11-12-28(33)25-14-15-34(19-27(24)25)30(35)16-20(3)22-7-9-23(32)10-8-22/h6-13,17,20H,4-5,14-16,18-19H2,1-3H3. The van der Waals surface area contributed by atoms with E-state index in [0.29, 0.717) is 37.5 Å². The summed E-state index contributed by atoms with van der Waals surface area (Å²) in [5.74, 6) is -0.425. The number of hydrogen-bond donors (Lipinski definition) is 0. The van der Waals surface area contributed by atoms with E-state index in [9.17, 15) is 18.4 Å². The Hall–Kier alpha value is -3.74. The van der Waals surface area contributed by atoms with Gasteiger partial charge in [0, 0.05) is 25.1 Å². The van der Waals surface area contributed by atoms with Crippen LogP contribution in [0.25, 0.3) is 11.1 Å². The van der Waals surface area contributed by atoms with Crippen LogP contribution in [0, 0.1) is 11.6 Å². The molecule has 1 aliphatic rings. The van der Waals surface area contributed by atoms with Crippen molar-refractivity contribution in [1.29, 1.82) is 0 Å². The lowest BCUT2D eigenvalue weighted by Gasteiger charge is -2.32. The maximum Gasteiger partial charge on any atom is 0.310 e. The summed E-state index contributed by atoms with van der Waals surface area (Å²) in [6.07, 6.45) is 0.783. The lowest BCUT2D eigenvalue weighted by Crippen LogP contribution is -2.37. The van der Waals surface area contributed by atoms with E-state index in [-0.39, 0.29) is 48.8 Å². The van der Waals surface area contributed by atoms with Crippen molar-refractivity contribution >= 4 is 11.9 Å². The maximum absolute atomic E-state index is 14.9. The first-order valence-electron chi connectivity index (χ1n) is 13.1. The van der Waals surface area contributed by atoms with E-state index in [0.717, 1.165) is 27.8 Å². The highest BCUT2D eigenvalue weighted by Crippen LogP contribution is 2.38. The summed E-state index contributed by atoms with van der Waals surface area (Å²) in [6, 6.07) is 14.9. The van der Waals surface area contributed by atoms with Gasteiger partial charge in [-0.25, -0.2) is 8.78 Å². The molecule has 0 saturated carbocycles. The zero-order valence-corrected chi connectivity index (χ0v) is 22.1. The fourth-order valence-electron chi connectivity index (χ4n) is 4.96. The molecule has 1 atom stereocenters. The highest BCUT2D eigenvalue weighted by Gasteiger charge is 2.27. The Morgan fingerprint density at radius 1 is 0.947 bits per heavy atom. The number of esters is 1. The third kappa shape index (κ3) is 6.21. The molecule has 0 aromatic heterocycles. The molecule has 7 heteroatoms. The van der Waals surface area contributed by atoms with Gasteiger partial charge in [0.05, 0.1) is 19.6 Å². The molecule has 1 aliphatic heterocycles. The Morgan fingerprint density at radius 2 is 1.71 bits per heavy atom. The molecule has 38 heavy (non-hydrogen) atoms. The highest BCUT2D eigenvalue weighted by molar-refractivity contribution is 5.81. The summed E-state index contributed by atoms with van der Waals surface area (Å²) < 4.78 is 39.2. The first-order valence-corrected chi connectivity index (χ1v) is 13.1. The summed E-state index contributed by atoms with van der Waals surface area (Å²) in [4.78, 5) is 27.1. The van der Waals surface area contributed by atoms with Gasteiger partial charge in [-0.1, -0.05) is 31.2 Å². The highest BCUT2D eigenvalue weighted by atomic mass is 19.1. The van der Waals surface area contributed by atoms with Crippen LogP contribution in [0.15, 0.2) is 54.6 Å². The van der Waals surface area contributed by atoms with Crippen LogP contribution >= 0.6 is 0 Å². The van der Waals surface area contributed by atoms with Gasteiger partial charge in [0.25, 0.3) is 0 Å². The number of carbonyl (C=O) groups excluding carboxylic acids is 2. The smallest absolute Gasteiger partial charge is 0.310 e. The number of carbonyl (C=O) groups is 2. The molecule has 5 nitrogen and oxygen atoms in total. The molecule has 3 aromatic rings. The Balaban J connectivity index is 1.64. The fourth-order valence-corrected chi connectivity index (χ4v) is 4.96. The summed E-state index contributed by atoms with van der Waals surface area (Å²) in [7, 11) is 0. The topological polar surface area (TPSA) is 55.8 Å². The van der Waals surface area contributed by atoms with Gasteiger partial charge in [-0.2, -0.15) is 0 Å². The zero-order valence-electron chi connectivity index (χ0n) is 22.1. The molecule has 3 aromatic carbocycles. The van der Waals surface area contributed by atoms with E-state index in [1.165, 1.54) is 18.2 Å². The van der Waals surface area contributed by atoms with E-state index in [2.05, 4.69) is 0 Å². The van der Waals surface area contributed by atoms with Crippen LogP contribution in [-0.2, 0) is 33.7 Å². The van der Waals surface area contributed by atoms with E-state index in [1.807, 2.05) is 32.0 Å². The lowest BCUT2D eigenvalue weighted by atomic mass is 9.89. The molecule has 4 rings (SSSR count). The molecule has 1 unspecified atom stereocenters. The van der Waals surface area contributed by atoms with Gasteiger partial charge < -0.3 is 14.4 Å². The lowest BCUT2D eigenvalue weighted by molar-refractivity contribution is -0.142. The van der Waals surface area contributed by atoms with Crippen molar-refractivity contribution in [3.63, 3.8) is 0 Å². The number of rotatable bonds is 9. The van der Waals surface area contributed by atoms with E-state index >= 15 is 0 Å². The molecule has 0 N–H and O–H groups in total. The van der Waals surface area contributed by atoms with E-state index < -0.39 is 0 Å². The third-order valence-electron chi connectivity index (χ3n) is 6.92. The van der Waals surface area contributed by atoms with Crippen molar-refractivity contribution in [3.05, 3.63) is 88.5 Å². The van der Waals surface area contributed by atoms with Crippen molar-refractivity contribution in [2.75, 3.05) is 19.8 Å². The number of nitrogens with zero attached hydrogens (tertiary/aromatic N) is 1. The predicted octanol–water partition coefficient (Wildman–Crippen LogP) is 6.21. The fraction of sp³-hybridized carbons (Fsp3) is 0.355. The average Bonchev–Trinajstić information content (AvgIpc) is 2.90. The third-order valence-corrected chi connectivity index (χ3v) is 6.92. The molecule has 0 fully saturated rings. The van der Waals surface area contributed by atoms with Gasteiger partial charge in [0.2, 0.25) is 5.91 Å². The minimum atomic E-state index is -0.323. The monoisotopic (exact) mass is 521 g/mol. The second-order valence-electron chi connectivity index (χ2n) is 9.52. The second kappa shape index (κ2) is 12.2. The van der Waals surface area contributed by atoms with Gasteiger partial charge in [-0.15, -0.1) is 0 Å². The molecule has 0 saturated heterocycles. The largest absolute Gasteiger partial charge is 0.493 e. The Bertz CT molecular complexity index is 1310. The summed E-state index contributed by atoms with van der Waals surface area (Å²) in [5.41, 5.74) is 4.52. The number of hydrogen-bond acceptors (Lipinski definition) is 4. The summed E-state index contributed by atoms with van der Waals surface area (Å²) in [5, 5.41) is 0. The normalized spacial score (nSPS) is 13.6. The minimum Gasteiger partial charge on any atom is -0.493 e. The average molecular weight is 522 g/mol. The molecule has 0 aliphatic carbocycles. The first-order chi connectivity index (χ1) is 18.3. The van der Waals surface area contributed by atoms with Crippen molar-refractivity contribution in [1.82, 2.24) is 4.90 Å². The van der Waals surface area contributed by atoms with Crippen molar-refractivity contribution in [2.45, 2.75) is 52.5 Å². The molecule has 0 spiro atoms. The molecular formula is C31H33F2NO4. The first kappa shape index (κ1) is 27.3. The Labute approximate surface area is 222 Å². The van der Waals surface area contributed by atoms with E-state index in [4.69, 9.17) is 9.47 Å². The second-order valence-corrected chi connectivity index (χ2v) is 9.52. The van der Waals surface area contributed by atoms with Crippen LogP contribution < -0.4 is 4.74 Å². The van der Waals surface area contributed by atoms with Crippen LogP contribution in [0.3, 0.4) is 0 Å². The van der Waals surface area contributed by atoms with Gasteiger partial charge in [0.15, 0.2) is 0 Å². The number of halogens is 2. The molecule has 0 bridgehead atoms. The van der Waals surface area contributed by atoms with Crippen LogP contribution in [0.1, 0.15) is 55.4 Å². The molecular weight excluding hydrogens is 488 g/mol. The van der Waals surface area contributed by atoms with Crippen molar-refractivity contribution in [3.8, 4) is 16.9 Å². The van der Waals surface area contributed by atoms with Crippen LogP contribution in [0.2, 0.25) is 0 Å². The zero-order chi connectivity index (χ0) is 27.2. The summed E-state index contributed by atoms with van der Waals surface area (Å²) in [6.45, 7) is 7.03. The van der Waals surface area contributed by atoms with Crippen molar-refractivity contribution in [2.24, 2.45) is 0 Å². The Morgan fingerprint density at radius 3 is 2.42 bits per heavy atom. The molecule has 1 amide bonds. The molecule has 0 radical (unpaired) electrons. The summed E-state index contributed by atoms with van der Waals surface area (Å²) >= 11 is 0. The number of benzene rings is 3. The SMILES string of the molecule is CCOC(=O)Cc1ccc(OCC)c(-c2ccc(F)c3c2CN(C(=O)CC(C)c2ccc(F)cc2)CC3)c1. The van der Waals surface area contributed by atoms with Gasteiger partial charge in [-0.05, 0) is 84.3 Å². The van der Waals surface area contributed by atoms with Crippen LogP contribution in [0.4, 0.5) is 8.78 Å². The predicted molar refractivity (Wildman–Crippen MR) is 142 cm³/mol. The maximum atomic E-state index is 14.9. The van der Waals surface area contributed by atoms with E-state index in [1.54, 1.807) is 30.0 Å². The van der Waals surface area contributed by atoms with Gasteiger partial charge in [-0.3, -0.25) is 9.59 Å². The van der Waals surface area contributed by atoms with Gasteiger partial charge in [0.1, 0.15) is 17.4 Å². The minimum absolute atomic E-state index is 0.0382. The number of fused-ring (bicyclic) bond motifs is 1.